The van der Waals surface area contributed by atoms with E-state index < -0.39 is 11.9 Å². The molecule has 0 aromatic rings. The Kier molecular flexibility index (Phi) is 5.57. The number of hydrogen-bond acceptors (Lipinski definition) is 5. The number of esters is 1. The van der Waals surface area contributed by atoms with Crippen LogP contribution in [-0.2, 0) is 14.3 Å². The maximum absolute atomic E-state index is 11.6. The summed E-state index contributed by atoms with van der Waals surface area (Å²) in [5.41, 5.74) is 0. The zero-order valence-corrected chi connectivity index (χ0v) is 10.7. The molecule has 1 atom stereocenters. The number of amides is 3. The first-order chi connectivity index (χ1) is 8.58. The predicted molar refractivity (Wildman–Crippen MR) is 63.8 cm³/mol. The monoisotopic (exact) mass is 257 g/mol. The van der Waals surface area contributed by atoms with Gasteiger partial charge in [-0.1, -0.05) is 0 Å². The normalized spacial score (nSPS) is 19.3. The highest BCUT2D eigenvalue weighted by Crippen LogP contribution is 2.17. The molecule has 18 heavy (non-hydrogen) atoms. The van der Waals surface area contributed by atoms with Crippen LogP contribution in [0.25, 0.3) is 0 Å². The third-order valence-corrected chi connectivity index (χ3v) is 2.75. The van der Waals surface area contributed by atoms with Crippen LogP contribution in [0, 0.1) is 0 Å². The van der Waals surface area contributed by atoms with Gasteiger partial charge in [-0.05, 0) is 26.3 Å². The Morgan fingerprint density at radius 2 is 2.11 bits per heavy atom. The average Bonchev–Trinajstić information content (AvgIpc) is 2.77. The molecule has 1 unspecified atom stereocenters. The molecule has 1 fully saturated rings. The van der Waals surface area contributed by atoms with Crippen molar-refractivity contribution in [3.8, 4) is 0 Å². The van der Waals surface area contributed by atoms with E-state index in [1.165, 1.54) is 7.05 Å². The van der Waals surface area contributed by atoms with Crippen LogP contribution in [0.3, 0.4) is 0 Å². The summed E-state index contributed by atoms with van der Waals surface area (Å²) in [7, 11) is 1.43. The predicted octanol–water partition coefficient (Wildman–Crippen LogP) is -0.530. The van der Waals surface area contributed by atoms with Crippen LogP contribution < -0.4 is 10.6 Å². The lowest BCUT2D eigenvalue weighted by molar-refractivity contribution is -0.148. The van der Waals surface area contributed by atoms with Crippen molar-refractivity contribution in [3.63, 3.8) is 0 Å². The van der Waals surface area contributed by atoms with Crippen LogP contribution in [0.2, 0.25) is 0 Å². The van der Waals surface area contributed by atoms with Crippen LogP contribution >= 0.6 is 0 Å². The Morgan fingerprint density at radius 3 is 2.72 bits per heavy atom. The maximum Gasteiger partial charge on any atom is 0.323 e. The van der Waals surface area contributed by atoms with E-state index >= 15 is 0 Å². The molecule has 102 valence electrons. The Labute approximate surface area is 106 Å². The zero-order chi connectivity index (χ0) is 13.5. The second-order valence-corrected chi connectivity index (χ2v) is 4.01. The lowest BCUT2D eigenvalue weighted by Gasteiger charge is -2.21. The van der Waals surface area contributed by atoms with E-state index in [2.05, 4.69) is 10.6 Å². The molecule has 0 spiro atoms. The first-order valence-corrected chi connectivity index (χ1v) is 6.00. The number of carbonyl (C=O) groups excluding carboxylic acids is 3. The molecule has 3 amide bonds. The van der Waals surface area contributed by atoms with E-state index in [9.17, 15) is 14.4 Å². The minimum Gasteiger partial charge on any atom is -0.465 e. The van der Waals surface area contributed by atoms with Gasteiger partial charge in [0.05, 0.1) is 13.2 Å². The maximum atomic E-state index is 11.6. The number of nitrogens with one attached hydrogen (secondary N) is 2. The number of urea groups is 1. The Bertz CT molecular complexity index is 332. The molecule has 7 heteroatoms. The van der Waals surface area contributed by atoms with E-state index in [1.807, 2.05) is 0 Å². The third kappa shape index (κ3) is 3.99. The quantitative estimate of drug-likeness (QED) is 0.661. The molecule has 0 aliphatic carbocycles. The summed E-state index contributed by atoms with van der Waals surface area (Å²) in [5.74, 6) is -0.728. The van der Waals surface area contributed by atoms with Gasteiger partial charge in [-0.3, -0.25) is 19.8 Å². The number of hydrogen-bond donors (Lipinski definition) is 2. The number of likely N-dealkylation sites (tertiary alicyclic amines) is 1. The third-order valence-electron chi connectivity index (χ3n) is 2.75. The largest absolute Gasteiger partial charge is 0.465 e. The van der Waals surface area contributed by atoms with E-state index in [0.29, 0.717) is 19.6 Å². The van der Waals surface area contributed by atoms with Gasteiger partial charge in [0.25, 0.3) is 0 Å². The SMILES string of the molecule is CCOC(=O)C1CCCN1CC(=O)NC(=O)NC. The van der Waals surface area contributed by atoms with Crippen molar-refractivity contribution in [3.05, 3.63) is 0 Å². The molecular formula is C11H19N3O4. The van der Waals surface area contributed by atoms with Gasteiger partial charge < -0.3 is 10.1 Å². The number of imide groups is 1. The topological polar surface area (TPSA) is 87.7 Å². The van der Waals surface area contributed by atoms with Crippen molar-refractivity contribution in [2.75, 3.05) is 26.7 Å². The fourth-order valence-electron chi connectivity index (χ4n) is 1.93. The number of rotatable bonds is 4. The highest BCUT2D eigenvalue weighted by Gasteiger charge is 2.32. The number of ether oxygens (including phenoxy) is 1. The molecular weight excluding hydrogens is 238 g/mol. The zero-order valence-electron chi connectivity index (χ0n) is 10.7. The summed E-state index contributed by atoms with van der Waals surface area (Å²) in [6, 6.07) is -0.924. The average molecular weight is 257 g/mol. The highest BCUT2D eigenvalue weighted by molar-refractivity contribution is 5.95. The van der Waals surface area contributed by atoms with Gasteiger partial charge in [-0.25, -0.2) is 4.79 Å². The van der Waals surface area contributed by atoms with Gasteiger partial charge in [0.15, 0.2) is 0 Å². The molecule has 0 aromatic carbocycles. The van der Waals surface area contributed by atoms with Gasteiger partial charge in [0.1, 0.15) is 6.04 Å². The van der Waals surface area contributed by atoms with Gasteiger partial charge in [0, 0.05) is 7.05 Å². The van der Waals surface area contributed by atoms with E-state index in [1.54, 1.807) is 11.8 Å². The summed E-state index contributed by atoms with van der Waals surface area (Å²) >= 11 is 0. The van der Waals surface area contributed by atoms with Crippen molar-refractivity contribution in [1.82, 2.24) is 15.5 Å². The van der Waals surface area contributed by atoms with Crippen molar-refractivity contribution in [1.29, 1.82) is 0 Å². The lowest BCUT2D eigenvalue weighted by Crippen LogP contribution is -2.46. The standard InChI is InChI=1S/C11H19N3O4/c1-3-18-10(16)8-5-4-6-14(8)7-9(15)13-11(17)12-2/h8H,3-7H2,1-2H3,(H2,12,13,15,17). The number of carbonyl (C=O) groups is 3. The Balaban J connectivity index is 2.47. The fourth-order valence-corrected chi connectivity index (χ4v) is 1.93. The van der Waals surface area contributed by atoms with Crippen LogP contribution in [0.15, 0.2) is 0 Å². The van der Waals surface area contributed by atoms with Crippen LogP contribution in [0.5, 0.6) is 0 Å². The highest BCUT2D eigenvalue weighted by atomic mass is 16.5. The molecule has 1 saturated heterocycles. The first kappa shape index (κ1) is 14.4. The van der Waals surface area contributed by atoms with Crippen LogP contribution in [0.4, 0.5) is 4.79 Å². The molecule has 1 aliphatic rings. The van der Waals surface area contributed by atoms with Gasteiger partial charge >= 0.3 is 12.0 Å². The summed E-state index contributed by atoms with van der Waals surface area (Å²) < 4.78 is 4.95. The molecule has 1 heterocycles. The molecule has 1 rings (SSSR count). The van der Waals surface area contributed by atoms with Gasteiger partial charge in [-0.15, -0.1) is 0 Å². The first-order valence-electron chi connectivity index (χ1n) is 6.00. The molecule has 2 N–H and O–H groups in total. The lowest BCUT2D eigenvalue weighted by atomic mass is 10.2. The van der Waals surface area contributed by atoms with E-state index in [0.717, 1.165) is 6.42 Å². The molecule has 0 radical (unpaired) electrons. The molecule has 1 aliphatic heterocycles. The Morgan fingerprint density at radius 1 is 1.39 bits per heavy atom. The second kappa shape index (κ2) is 6.95. The van der Waals surface area contributed by atoms with Crippen LogP contribution in [-0.4, -0.2) is 55.6 Å². The van der Waals surface area contributed by atoms with Crippen LogP contribution in [0.1, 0.15) is 19.8 Å². The molecule has 0 aromatic heterocycles. The minimum atomic E-state index is -0.549. The van der Waals surface area contributed by atoms with Gasteiger partial charge in [-0.2, -0.15) is 0 Å². The summed E-state index contributed by atoms with van der Waals surface area (Å²) in [6.45, 7) is 2.75. The van der Waals surface area contributed by atoms with Crippen molar-refractivity contribution in [2.45, 2.75) is 25.8 Å². The van der Waals surface area contributed by atoms with Crippen molar-refractivity contribution < 1.29 is 19.1 Å². The van der Waals surface area contributed by atoms with E-state index in [-0.39, 0.29) is 18.6 Å². The van der Waals surface area contributed by atoms with Crippen molar-refractivity contribution in [2.24, 2.45) is 0 Å². The molecule has 0 saturated carbocycles. The fraction of sp³-hybridized carbons (Fsp3) is 0.727. The van der Waals surface area contributed by atoms with E-state index in [4.69, 9.17) is 4.74 Å². The minimum absolute atomic E-state index is 0.0247. The smallest absolute Gasteiger partial charge is 0.323 e. The summed E-state index contributed by atoms with van der Waals surface area (Å²) in [6.07, 6.45) is 1.53. The summed E-state index contributed by atoms with van der Waals surface area (Å²) in [5, 5.41) is 4.46. The Hall–Kier alpha value is -1.63. The number of nitrogens with zero attached hydrogens (tertiary/aromatic N) is 1. The summed E-state index contributed by atoms with van der Waals surface area (Å²) in [4.78, 5) is 35.9. The second-order valence-electron chi connectivity index (χ2n) is 4.01. The molecule has 0 bridgehead atoms. The van der Waals surface area contributed by atoms with Gasteiger partial charge in [0.2, 0.25) is 5.91 Å². The molecule has 7 nitrogen and oxygen atoms in total. The van der Waals surface area contributed by atoms with Crippen molar-refractivity contribution >= 4 is 17.9 Å².